The normalized spacial score (nSPS) is 10.2. The summed E-state index contributed by atoms with van der Waals surface area (Å²) in [6, 6.07) is 3.87. The lowest BCUT2D eigenvalue weighted by Gasteiger charge is -2.02. The van der Waals surface area contributed by atoms with Gasteiger partial charge in [0.15, 0.2) is 0 Å². The van der Waals surface area contributed by atoms with Gasteiger partial charge >= 0.3 is 6.03 Å². The van der Waals surface area contributed by atoms with Crippen LogP contribution in [0, 0.1) is 0 Å². The minimum atomic E-state index is -0.770. The molecule has 0 saturated carbocycles. The number of nitrogens with one attached hydrogen (secondary N) is 1. The number of phenols is 1. The average Bonchev–Trinajstić information content (AvgIpc) is 2.20. The van der Waals surface area contributed by atoms with Gasteiger partial charge in [0.25, 0.3) is 0 Å². The monoisotopic (exact) mass is 209 g/mol. The topological polar surface area (TPSA) is 96.9 Å². The van der Waals surface area contributed by atoms with Crippen molar-refractivity contribution < 1.29 is 14.6 Å². The highest BCUT2D eigenvalue weighted by molar-refractivity contribution is 5.85. The minimum Gasteiger partial charge on any atom is -0.507 e. The molecule has 6 nitrogen and oxygen atoms in total. The Morgan fingerprint density at radius 2 is 2.40 bits per heavy atom. The average molecular weight is 209 g/mol. The van der Waals surface area contributed by atoms with Crippen LogP contribution in [0.3, 0.4) is 0 Å². The lowest BCUT2D eigenvalue weighted by molar-refractivity contribution is 0.249. The summed E-state index contributed by atoms with van der Waals surface area (Å²) in [4.78, 5) is 10.3. The molecule has 0 atom stereocenters. The van der Waals surface area contributed by atoms with Crippen molar-refractivity contribution in [2.75, 3.05) is 7.11 Å². The predicted molar refractivity (Wildman–Crippen MR) is 55.0 cm³/mol. The van der Waals surface area contributed by atoms with Gasteiger partial charge in [0.2, 0.25) is 0 Å². The van der Waals surface area contributed by atoms with Gasteiger partial charge in [0.05, 0.1) is 13.3 Å². The molecule has 0 aliphatic heterocycles. The third kappa shape index (κ3) is 3.18. The number of benzene rings is 1. The van der Waals surface area contributed by atoms with Gasteiger partial charge in [-0.15, -0.1) is 0 Å². The Kier molecular flexibility index (Phi) is 3.50. The van der Waals surface area contributed by atoms with E-state index in [0.29, 0.717) is 11.3 Å². The molecular formula is C9H11N3O3. The maximum absolute atomic E-state index is 10.3. The lowest BCUT2D eigenvalue weighted by Crippen LogP contribution is -2.24. The van der Waals surface area contributed by atoms with E-state index < -0.39 is 6.03 Å². The van der Waals surface area contributed by atoms with Crippen LogP contribution in [0.25, 0.3) is 0 Å². The largest absolute Gasteiger partial charge is 0.507 e. The van der Waals surface area contributed by atoms with Gasteiger partial charge in [-0.25, -0.2) is 10.2 Å². The van der Waals surface area contributed by atoms with Gasteiger partial charge in [0.1, 0.15) is 11.5 Å². The number of methoxy groups -OCH3 is 1. The van der Waals surface area contributed by atoms with Gasteiger partial charge in [-0.2, -0.15) is 5.10 Å². The van der Waals surface area contributed by atoms with Crippen LogP contribution in [0.5, 0.6) is 11.5 Å². The third-order valence-electron chi connectivity index (χ3n) is 1.61. The number of amides is 2. The number of carbonyl (C=O) groups is 1. The molecule has 0 fully saturated rings. The fourth-order valence-electron chi connectivity index (χ4n) is 0.928. The Balaban J connectivity index is 2.83. The van der Waals surface area contributed by atoms with Gasteiger partial charge in [-0.1, -0.05) is 0 Å². The standard InChI is InChI=1S/C9H11N3O3/c1-15-7-2-3-8(13)6(4-7)5-11-12-9(10)14/h2-5,13H,1H3,(H3,10,12,14)/b11-5+. The smallest absolute Gasteiger partial charge is 0.332 e. The maximum Gasteiger partial charge on any atom is 0.332 e. The number of nitrogens with zero attached hydrogens (tertiary/aromatic N) is 1. The van der Waals surface area contributed by atoms with Crippen molar-refractivity contribution in [3.05, 3.63) is 23.8 Å². The fourth-order valence-corrected chi connectivity index (χ4v) is 0.928. The number of hydrazone groups is 1. The third-order valence-corrected chi connectivity index (χ3v) is 1.61. The fraction of sp³-hybridized carbons (Fsp3) is 0.111. The molecule has 0 spiro atoms. The van der Waals surface area contributed by atoms with Crippen LogP contribution in [-0.4, -0.2) is 24.5 Å². The highest BCUT2D eigenvalue weighted by Gasteiger charge is 2.00. The summed E-state index contributed by atoms with van der Waals surface area (Å²) in [5, 5.41) is 12.9. The molecule has 0 aliphatic rings. The molecule has 0 heterocycles. The Morgan fingerprint density at radius 3 is 3.00 bits per heavy atom. The van der Waals surface area contributed by atoms with E-state index in [1.165, 1.54) is 19.4 Å². The molecule has 15 heavy (non-hydrogen) atoms. The van der Waals surface area contributed by atoms with Crippen molar-refractivity contribution in [2.24, 2.45) is 10.8 Å². The van der Waals surface area contributed by atoms with Crippen LogP contribution in [0.15, 0.2) is 23.3 Å². The van der Waals surface area contributed by atoms with Crippen LogP contribution < -0.4 is 15.9 Å². The second kappa shape index (κ2) is 4.85. The molecule has 80 valence electrons. The quantitative estimate of drug-likeness (QED) is 0.496. The van der Waals surface area contributed by atoms with E-state index in [0.717, 1.165) is 0 Å². The molecule has 1 rings (SSSR count). The zero-order valence-corrected chi connectivity index (χ0v) is 8.10. The lowest BCUT2D eigenvalue weighted by atomic mass is 10.2. The molecule has 2 amide bonds. The summed E-state index contributed by atoms with van der Waals surface area (Å²) in [5.74, 6) is 0.610. The molecular weight excluding hydrogens is 198 g/mol. The number of hydrogen-bond acceptors (Lipinski definition) is 4. The van der Waals surface area contributed by atoms with E-state index in [1.54, 1.807) is 12.1 Å². The Labute approximate surface area is 86.4 Å². The highest BCUT2D eigenvalue weighted by atomic mass is 16.5. The van der Waals surface area contributed by atoms with Crippen molar-refractivity contribution in [3.8, 4) is 11.5 Å². The Morgan fingerprint density at radius 1 is 1.67 bits per heavy atom. The van der Waals surface area contributed by atoms with Crippen LogP contribution in [-0.2, 0) is 0 Å². The second-order valence-electron chi connectivity index (χ2n) is 2.66. The van der Waals surface area contributed by atoms with Crippen molar-refractivity contribution in [3.63, 3.8) is 0 Å². The first kappa shape index (κ1) is 10.8. The van der Waals surface area contributed by atoms with Gasteiger partial charge in [-0.3, -0.25) is 0 Å². The molecule has 0 aliphatic carbocycles. The summed E-state index contributed by atoms with van der Waals surface area (Å²) in [5.41, 5.74) is 7.23. The molecule has 1 aromatic carbocycles. The van der Waals surface area contributed by atoms with Crippen LogP contribution in [0.1, 0.15) is 5.56 Å². The number of phenolic OH excluding ortho intramolecular Hbond substituents is 1. The van der Waals surface area contributed by atoms with E-state index >= 15 is 0 Å². The van der Waals surface area contributed by atoms with E-state index in [1.807, 2.05) is 5.43 Å². The number of carbonyl (C=O) groups excluding carboxylic acids is 1. The number of hydrogen-bond donors (Lipinski definition) is 3. The van der Waals surface area contributed by atoms with Gasteiger partial charge in [0, 0.05) is 5.56 Å². The number of primary amides is 1. The molecule has 1 aromatic rings. The summed E-state index contributed by atoms with van der Waals surface area (Å²) >= 11 is 0. The van der Waals surface area contributed by atoms with Gasteiger partial charge < -0.3 is 15.6 Å². The van der Waals surface area contributed by atoms with Crippen molar-refractivity contribution in [1.82, 2.24) is 5.43 Å². The molecule has 0 radical (unpaired) electrons. The number of nitrogens with two attached hydrogens (primary N) is 1. The minimum absolute atomic E-state index is 0.0332. The maximum atomic E-state index is 10.3. The Hall–Kier alpha value is -2.24. The molecule has 6 heteroatoms. The second-order valence-corrected chi connectivity index (χ2v) is 2.66. The van der Waals surface area contributed by atoms with Crippen LogP contribution in [0.4, 0.5) is 4.79 Å². The number of aromatic hydroxyl groups is 1. The Bertz CT molecular complexity index is 390. The van der Waals surface area contributed by atoms with E-state index in [4.69, 9.17) is 10.5 Å². The first-order valence-electron chi connectivity index (χ1n) is 4.09. The number of rotatable bonds is 3. The van der Waals surface area contributed by atoms with Crippen molar-refractivity contribution in [1.29, 1.82) is 0 Å². The summed E-state index contributed by atoms with van der Waals surface area (Å²) < 4.78 is 4.95. The summed E-state index contributed by atoms with van der Waals surface area (Å²) in [6.45, 7) is 0. The zero-order valence-electron chi connectivity index (χ0n) is 8.10. The van der Waals surface area contributed by atoms with E-state index in [-0.39, 0.29) is 5.75 Å². The van der Waals surface area contributed by atoms with Gasteiger partial charge in [-0.05, 0) is 18.2 Å². The van der Waals surface area contributed by atoms with Crippen molar-refractivity contribution in [2.45, 2.75) is 0 Å². The number of urea groups is 1. The zero-order chi connectivity index (χ0) is 11.3. The van der Waals surface area contributed by atoms with E-state index in [2.05, 4.69) is 5.10 Å². The predicted octanol–water partition coefficient (Wildman–Crippen LogP) is 0.403. The van der Waals surface area contributed by atoms with Crippen LogP contribution >= 0.6 is 0 Å². The SMILES string of the molecule is COc1ccc(O)c(/C=N/NC(N)=O)c1. The van der Waals surface area contributed by atoms with Crippen molar-refractivity contribution >= 4 is 12.2 Å². The highest BCUT2D eigenvalue weighted by Crippen LogP contribution is 2.20. The molecule has 0 aromatic heterocycles. The van der Waals surface area contributed by atoms with Crippen LogP contribution in [0.2, 0.25) is 0 Å². The number of ether oxygens (including phenoxy) is 1. The molecule has 0 bridgehead atoms. The molecule has 4 N–H and O–H groups in total. The summed E-state index contributed by atoms with van der Waals surface area (Å²) in [6.07, 6.45) is 1.27. The first-order valence-corrected chi connectivity index (χ1v) is 4.09. The summed E-state index contributed by atoms with van der Waals surface area (Å²) in [7, 11) is 1.51. The molecule has 0 saturated heterocycles. The first-order chi connectivity index (χ1) is 7.13. The van der Waals surface area contributed by atoms with E-state index in [9.17, 15) is 9.90 Å². The molecule has 0 unspecified atom stereocenters.